The van der Waals surface area contributed by atoms with E-state index in [4.69, 9.17) is 24.0 Å². The maximum Gasteiger partial charge on any atom is 0.474 e. The zero-order valence-corrected chi connectivity index (χ0v) is 21.8. The van der Waals surface area contributed by atoms with Gasteiger partial charge < -0.3 is 25.8 Å². The number of nitrogens with one attached hydrogen (secondary N) is 1. The Morgan fingerprint density at radius 3 is 2.78 bits per heavy atom. The summed E-state index contributed by atoms with van der Waals surface area (Å²) in [5.41, 5.74) is 2.18. The Morgan fingerprint density at radius 2 is 2.14 bits per heavy atom. The first kappa shape index (κ1) is 28.7. The molecule has 2 aromatic heterocycles. The second kappa shape index (κ2) is 10.8. The molecule has 1 saturated heterocycles. The van der Waals surface area contributed by atoms with Gasteiger partial charge in [-0.1, -0.05) is 11.8 Å². The largest absolute Gasteiger partial charge is 0.474 e. The Balaban J connectivity index is 1.64. The molecule has 0 amide bonds. The van der Waals surface area contributed by atoms with Gasteiger partial charge in [-0.2, -0.15) is 4.98 Å². The van der Waals surface area contributed by atoms with E-state index >= 15 is 0 Å². The smallest absolute Gasteiger partial charge is 0.395 e. The minimum atomic E-state index is -4.10. The number of anilines is 1. The van der Waals surface area contributed by atoms with Crippen LogP contribution in [0.25, 0.3) is 11.2 Å². The van der Waals surface area contributed by atoms with Gasteiger partial charge in [0.1, 0.15) is 17.8 Å². The molecule has 5 atom stereocenters. The number of hydrogen-bond donors (Lipinski definition) is 5. The summed E-state index contributed by atoms with van der Waals surface area (Å²) in [5, 5.41) is 30.6. The van der Waals surface area contributed by atoms with Crippen LogP contribution in [-0.4, -0.2) is 90.4 Å². The van der Waals surface area contributed by atoms with Crippen LogP contribution in [0.2, 0.25) is 0 Å². The molecule has 3 rings (SSSR count). The fourth-order valence-corrected chi connectivity index (χ4v) is 5.20. The first-order valence-electron chi connectivity index (χ1n) is 10.8. The summed E-state index contributed by atoms with van der Waals surface area (Å²) in [5.74, 6) is -0.0494. The molecule has 0 saturated carbocycles. The topological polar surface area (TPSA) is 221 Å². The first-order chi connectivity index (χ1) is 16.8. The number of carbonyl (C=O) groups is 1. The predicted molar refractivity (Wildman–Crippen MR) is 128 cm³/mol. The Hall–Kier alpha value is -1.88. The van der Waals surface area contributed by atoms with Crippen LogP contribution in [0.5, 0.6) is 0 Å². The molecule has 6 N–H and O–H groups in total. The van der Waals surface area contributed by atoms with Gasteiger partial charge in [0, 0.05) is 12.9 Å². The molecule has 15 nitrogen and oxygen atoms in total. The Bertz CT molecular complexity index is 1200. The number of nitrogens with two attached hydrogens (primary N) is 1. The van der Waals surface area contributed by atoms with E-state index < -0.39 is 49.4 Å². The predicted octanol–water partition coefficient (Wildman–Crippen LogP) is -0.223. The van der Waals surface area contributed by atoms with Crippen LogP contribution < -0.4 is 11.3 Å². The number of aromatic nitrogens is 4. The number of hydrogen-bond acceptors (Lipinski definition) is 14. The molecule has 0 spiro atoms. The molecule has 3 heterocycles. The average molecular weight is 552 g/mol. The van der Waals surface area contributed by atoms with E-state index in [1.807, 2.05) is 0 Å². The van der Waals surface area contributed by atoms with E-state index in [-0.39, 0.29) is 41.2 Å². The van der Waals surface area contributed by atoms with Gasteiger partial charge in [-0.15, -0.1) is 0 Å². The molecule has 17 heteroatoms. The quantitative estimate of drug-likeness (QED) is 0.180. The van der Waals surface area contributed by atoms with Crippen molar-refractivity contribution in [2.75, 3.05) is 38.4 Å². The molecule has 0 radical (unpaired) electrons. The molecule has 36 heavy (non-hydrogen) atoms. The highest BCUT2D eigenvalue weighted by Gasteiger charge is 2.54. The molecular weight excluding hydrogens is 521 g/mol. The van der Waals surface area contributed by atoms with E-state index in [9.17, 15) is 29.5 Å². The summed E-state index contributed by atoms with van der Waals surface area (Å²) in [6.45, 7) is 3.52. The molecule has 1 aliphatic rings. The first-order valence-corrected chi connectivity index (χ1v) is 13.2. The number of carbonyl (C=O) groups excluding carboxylic acids is 1. The molecule has 0 bridgehead atoms. The highest BCUT2D eigenvalue weighted by Crippen LogP contribution is 2.50. The number of imidazole rings is 1. The standard InChI is InChI=1S/C19H30N5O10PS/c1-18(2,8-25)16(28)36-6-5-32-35(30,31-4)33-7-10-12(26)19(3,29)15(34-10)24-9-21-11-13(24)22-17(20)23-14(11)27/h9-10,12,15,25-26,29H,5-8H2,1-4H3,(H3,20,22,23,27)/t10-,12?,15-,19?,35?/m1/s1. The SMILES string of the molecule is COP(=O)(OCCSC(=O)C(C)(C)CO)OC[C@H]1O[C@@H](n2cnc3c(=O)[nH]c(N)nc32)C(C)(O)C1O. The summed E-state index contributed by atoms with van der Waals surface area (Å²) in [4.78, 5) is 34.4. The normalized spacial score (nSPS) is 26.4. The number of aliphatic hydroxyl groups excluding tert-OH is 2. The van der Waals surface area contributed by atoms with E-state index in [2.05, 4.69) is 15.0 Å². The van der Waals surface area contributed by atoms with Gasteiger partial charge in [0.15, 0.2) is 22.5 Å². The third-order valence-corrected chi connectivity index (χ3v) is 8.19. The van der Waals surface area contributed by atoms with Crippen molar-refractivity contribution in [3.63, 3.8) is 0 Å². The van der Waals surface area contributed by atoms with Crippen molar-refractivity contribution in [3.05, 3.63) is 16.7 Å². The summed E-state index contributed by atoms with van der Waals surface area (Å²) < 4.78 is 35.1. The number of aliphatic hydroxyl groups is 3. The van der Waals surface area contributed by atoms with Crippen molar-refractivity contribution in [2.24, 2.45) is 5.41 Å². The van der Waals surface area contributed by atoms with Crippen molar-refractivity contribution >= 4 is 41.8 Å². The Labute approximate surface area is 209 Å². The number of fused-ring (bicyclic) bond motifs is 1. The fourth-order valence-electron chi connectivity index (χ4n) is 3.34. The van der Waals surface area contributed by atoms with Gasteiger partial charge in [0.05, 0.1) is 31.6 Å². The second-order valence-corrected chi connectivity index (χ2v) is 11.8. The van der Waals surface area contributed by atoms with E-state index in [0.29, 0.717) is 0 Å². The van der Waals surface area contributed by atoms with Crippen LogP contribution in [-0.2, 0) is 27.7 Å². The van der Waals surface area contributed by atoms with Crippen molar-refractivity contribution in [1.82, 2.24) is 19.5 Å². The summed E-state index contributed by atoms with van der Waals surface area (Å²) in [7, 11) is -3.00. The maximum atomic E-state index is 12.8. The molecule has 1 aliphatic heterocycles. The Morgan fingerprint density at radius 1 is 1.44 bits per heavy atom. The number of phosphoric ester groups is 1. The number of rotatable bonds is 11. The van der Waals surface area contributed by atoms with Gasteiger partial charge in [0.2, 0.25) is 5.95 Å². The zero-order chi connectivity index (χ0) is 26.9. The minimum Gasteiger partial charge on any atom is -0.395 e. The molecule has 0 aromatic carbocycles. The summed E-state index contributed by atoms with van der Waals surface area (Å²) in [6.07, 6.45) is -2.74. The highest BCUT2D eigenvalue weighted by molar-refractivity contribution is 8.13. The van der Waals surface area contributed by atoms with Crippen LogP contribution in [0.3, 0.4) is 0 Å². The lowest BCUT2D eigenvalue weighted by atomic mass is 9.96. The van der Waals surface area contributed by atoms with Crippen LogP contribution in [0.4, 0.5) is 5.95 Å². The molecule has 1 fully saturated rings. The van der Waals surface area contributed by atoms with Crippen molar-refractivity contribution < 1.29 is 43.0 Å². The lowest BCUT2D eigenvalue weighted by Gasteiger charge is -2.27. The number of thioether (sulfide) groups is 1. The number of ether oxygens (including phenoxy) is 1. The molecular formula is C19H30N5O10PS. The van der Waals surface area contributed by atoms with E-state index in [1.54, 1.807) is 13.8 Å². The number of aromatic amines is 1. The van der Waals surface area contributed by atoms with Crippen LogP contribution in [0, 0.1) is 5.41 Å². The summed E-state index contributed by atoms with van der Waals surface area (Å²) in [6, 6.07) is 0. The number of phosphoric acid groups is 1. The number of nitrogen functional groups attached to an aromatic ring is 1. The fraction of sp³-hybridized carbons (Fsp3) is 0.684. The summed E-state index contributed by atoms with van der Waals surface area (Å²) >= 11 is 0.902. The average Bonchev–Trinajstić information content (AvgIpc) is 3.33. The minimum absolute atomic E-state index is 0.0256. The van der Waals surface area contributed by atoms with Crippen LogP contribution >= 0.6 is 19.6 Å². The van der Waals surface area contributed by atoms with Crippen molar-refractivity contribution in [2.45, 2.75) is 44.8 Å². The van der Waals surface area contributed by atoms with Gasteiger partial charge in [0.25, 0.3) is 5.56 Å². The lowest BCUT2D eigenvalue weighted by molar-refractivity contribution is -0.119. The third kappa shape index (κ3) is 5.82. The molecule has 2 aromatic rings. The highest BCUT2D eigenvalue weighted by atomic mass is 32.2. The zero-order valence-electron chi connectivity index (χ0n) is 20.1. The second-order valence-electron chi connectivity index (χ2n) is 8.91. The van der Waals surface area contributed by atoms with Gasteiger partial charge in [-0.3, -0.25) is 32.7 Å². The molecule has 202 valence electrons. The van der Waals surface area contributed by atoms with Gasteiger partial charge in [-0.05, 0) is 20.8 Å². The lowest BCUT2D eigenvalue weighted by Crippen LogP contribution is -2.44. The van der Waals surface area contributed by atoms with E-state index in [0.717, 1.165) is 18.9 Å². The Kier molecular flexibility index (Phi) is 8.65. The number of nitrogens with zero attached hydrogens (tertiary/aromatic N) is 3. The monoisotopic (exact) mass is 551 g/mol. The van der Waals surface area contributed by atoms with Crippen LogP contribution in [0.15, 0.2) is 11.1 Å². The van der Waals surface area contributed by atoms with Gasteiger partial charge >= 0.3 is 7.82 Å². The van der Waals surface area contributed by atoms with E-state index in [1.165, 1.54) is 17.8 Å². The molecule has 3 unspecified atom stereocenters. The number of H-pyrrole nitrogens is 1. The van der Waals surface area contributed by atoms with Gasteiger partial charge in [-0.25, -0.2) is 9.55 Å². The third-order valence-electron chi connectivity index (χ3n) is 5.59. The van der Waals surface area contributed by atoms with Crippen molar-refractivity contribution in [1.29, 1.82) is 0 Å². The maximum absolute atomic E-state index is 12.8. The van der Waals surface area contributed by atoms with Crippen molar-refractivity contribution in [3.8, 4) is 0 Å². The molecule has 0 aliphatic carbocycles. The van der Waals surface area contributed by atoms with Crippen LogP contribution in [0.1, 0.15) is 27.0 Å².